The summed E-state index contributed by atoms with van der Waals surface area (Å²) in [5, 5.41) is 8.79. The highest BCUT2D eigenvalue weighted by molar-refractivity contribution is 5.88. The third-order valence-electron chi connectivity index (χ3n) is 4.96. The zero-order valence-electron chi connectivity index (χ0n) is 18.5. The summed E-state index contributed by atoms with van der Waals surface area (Å²) in [6.45, 7) is 7.49. The molecule has 1 saturated heterocycles. The molecule has 2 heterocycles. The SMILES string of the molecule is CC(C)(C)OC(=O)N(c1ccc(C=CC(=O)O)cn1)[C@@H]1CCN(Cc2ccc(F)cc2)C1. The lowest BCUT2D eigenvalue weighted by Crippen LogP contribution is -2.45. The molecule has 3 rings (SSSR count). The Morgan fingerprint density at radius 3 is 2.56 bits per heavy atom. The van der Waals surface area contributed by atoms with Crippen molar-refractivity contribution < 1.29 is 23.8 Å². The van der Waals surface area contributed by atoms with Crippen molar-refractivity contribution in [3.05, 3.63) is 65.6 Å². The van der Waals surface area contributed by atoms with Crippen molar-refractivity contribution in [2.75, 3.05) is 18.0 Å². The summed E-state index contributed by atoms with van der Waals surface area (Å²) in [4.78, 5) is 32.0. The smallest absolute Gasteiger partial charge is 0.416 e. The number of benzene rings is 1. The van der Waals surface area contributed by atoms with Crippen LogP contribution in [0.5, 0.6) is 0 Å². The van der Waals surface area contributed by atoms with Gasteiger partial charge < -0.3 is 9.84 Å². The number of amides is 1. The minimum absolute atomic E-state index is 0.141. The van der Waals surface area contributed by atoms with Gasteiger partial charge in [-0.2, -0.15) is 0 Å². The number of pyridine rings is 1. The number of rotatable bonds is 6. The maximum absolute atomic E-state index is 13.2. The molecule has 170 valence electrons. The van der Waals surface area contributed by atoms with E-state index in [1.165, 1.54) is 24.4 Å². The first-order valence-electron chi connectivity index (χ1n) is 10.5. The highest BCUT2D eigenvalue weighted by Crippen LogP contribution is 2.25. The van der Waals surface area contributed by atoms with E-state index in [4.69, 9.17) is 9.84 Å². The molecule has 8 heteroatoms. The molecule has 1 fully saturated rings. The highest BCUT2D eigenvalue weighted by Gasteiger charge is 2.35. The Morgan fingerprint density at radius 2 is 1.97 bits per heavy atom. The maximum atomic E-state index is 13.2. The van der Waals surface area contributed by atoms with Crippen LogP contribution in [-0.2, 0) is 16.1 Å². The number of hydrogen-bond donors (Lipinski definition) is 1. The molecule has 0 unspecified atom stereocenters. The molecule has 1 N–H and O–H groups in total. The van der Waals surface area contributed by atoms with Gasteiger partial charge in [0.25, 0.3) is 0 Å². The Hall–Kier alpha value is -3.26. The minimum atomic E-state index is -1.04. The standard InChI is InChI=1S/C24H28FN3O4/c1-24(2,3)32-23(31)28(21-10-6-17(14-26-21)7-11-22(29)30)20-12-13-27(16-20)15-18-4-8-19(25)9-5-18/h4-11,14,20H,12-13,15-16H2,1-3H3,(H,29,30)/t20-/m1/s1. The number of likely N-dealkylation sites (tertiary alicyclic amines) is 1. The average molecular weight is 442 g/mol. The monoisotopic (exact) mass is 441 g/mol. The van der Waals surface area contributed by atoms with Crippen molar-refractivity contribution >= 4 is 24.0 Å². The molecule has 1 aromatic heterocycles. The van der Waals surface area contributed by atoms with Gasteiger partial charge in [-0.15, -0.1) is 0 Å². The summed E-state index contributed by atoms with van der Waals surface area (Å²) in [7, 11) is 0. The van der Waals surface area contributed by atoms with Crippen molar-refractivity contribution in [3.8, 4) is 0 Å². The van der Waals surface area contributed by atoms with Crippen LogP contribution in [0.15, 0.2) is 48.7 Å². The first-order chi connectivity index (χ1) is 15.1. The third kappa shape index (κ3) is 6.62. The van der Waals surface area contributed by atoms with E-state index in [1.54, 1.807) is 29.2 Å². The van der Waals surface area contributed by atoms with Crippen LogP contribution in [0.1, 0.15) is 38.3 Å². The predicted molar refractivity (Wildman–Crippen MR) is 120 cm³/mol. The molecular formula is C24H28FN3O4. The fourth-order valence-electron chi connectivity index (χ4n) is 3.56. The maximum Gasteiger partial charge on any atom is 0.416 e. The van der Waals surface area contributed by atoms with Gasteiger partial charge in [0, 0.05) is 31.9 Å². The first kappa shape index (κ1) is 23.4. The largest absolute Gasteiger partial charge is 0.478 e. The van der Waals surface area contributed by atoms with Gasteiger partial charge in [0.15, 0.2) is 0 Å². The van der Waals surface area contributed by atoms with Crippen LogP contribution in [-0.4, -0.2) is 51.8 Å². The molecule has 1 aliphatic rings. The normalized spacial score (nSPS) is 16.9. The molecule has 0 radical (unpaired) electrons. The van der Waals surface area contributed by atoms with E-state index >= 15 is 0 Å². The molecular weight excluding hydrogens is 413 g/mol. The first-order valence-corrected chi connectivity index (χ1v) is 10.5. The number of nitrogens with zero attached hydrogens (tertiary/aromatic N) is 3. The number of ether oxygens (including phenoxy) is 1. The number of hydrogen-bond acceptors (Lipinski definition) is 5. The van der Waals surface area contributed by atoms with Gasteiger partial charge in [0.1, 0.15) is 17.2 Å². The Labute approximate surface area is 187 Å². The average Bonchev–Trinajstić information content (AvgIpc) is 3.16. The van der Waals surface area contributed by atoms with E-state index in [2.05, 4.69) is 9.88 Å². The lowest BCUT2D eigenvalue weighted by Gasteiger charge is -2.31. The van der Waals surface area contributed by atoms with Crippen molar-refractivity contribution in [2.24, 2.45) is 0 Å². The van der Waals surface area contributed by atoms with Crippen LogP contribution in [0, 0.1) is 5.82 Å². The number of carbonyl (C=O) groups is 2. The van der Waals surface area contributed by atoms with Gasteiger partial charge in [0.2, 0.25) is 0 Å². The molecule has 1 atom stereocenters. The van der Waals surface area contributed by atoms with E-state index in [1.807, 2.05) is 20.8 Å². The number of anilines is 1. The fourth-order valence-corrected chi connectivity index (χ4v) is 3.56. The lowest BCUT2D eigenvalue weighted by molar-refractivity contribution is -0.131. The number of aromatic nitrogens is 1. The van der Waals surface area contributed by atoms with Gasteiger partial charge in [-0.25, -0.2) is 19.0 Å². The van der Waals surface area contributed by atoms with E-state index < -0.39 is 17.7 Å². The van der Waals surface area contributed by atoms with E-state index in [-0.39, 0.29) is 11.9 Å². The van der Waals surface area contributed by atoms with Gasteiger partial charge in [-0.05, 0) is 68.7 Å². The zero-order chi connectivity index (χ0) is 23.3. The summed E-state index contributed by atoms with van der Waals surface area (Å²) < 4.78 is 18.8. The third-order valence-corrected chi connectivity index (χ3v) is 4.96. The number of aliphatic carboxylic acids is 1. The fraction of sp³-hybridized carbons (Fsp3) is 0.375. The van der Waals surface area contributed by atoms with E-state index in [0.717, 1.165) is 24.6 Å². The van der Waals surface area contributed by atoms with Crippen molar-refractivity contribution in [1.29, 1.82) is 0 Å². The molecule has 0 bridgehead atoms. The second-order valence-electron chi connectivity index (χ2n) is 8.78. The number of carboxylic acids is 1. The molecule has 0 aliphatic carbocycles. The van der Waals surface area contributed by atoms with Gasteiger partial charge in [0.05, 0.1) is 6.04 Å². The van der Waals surface area contributed by atoms with Gasteiger partial charge >= 0.3 is 12.1 Å². The Bertz CT molecular complexity index is 968. The minimum Gasteiger partial charge on any atom is -0.478 e. The van der Waals surface area contributed by atoms with Crippen LogP contribution < -0.4 is 4.90 Å². The van der Waals surface area contributed by atoms with Crippen LogP contribution in [0.25, 0.3) is 6.08 Å². The van der Waals surface area contributed by atoms with Crippen LogP contribution >= 0.6 is 0 Å². The molecule has 1 aliphatic heterocycles. The van der Waals surface area contributed by atoms with Crippen LogP contribution in [0.3, 0.4) is 0 Å². The second kappa shape index (κ2) is 9.91. The summed E-state index contributed by atoms with van der Waals surface area (Å²) in [5.74, 6) is -0.867. The Balaban J connectivity index is 1.78. The number of halogens is 1. The van der Waals surface area contributed by atoms with Crippen LogP contribution in [0.4, 0.5) is 15.0 Å². The molecule has 0 spiro atoms. The number of carbonyl (C=O) groups excluding carboxylic acids is 1. The van der Waals surface area contributed by atoms with E-state index in [0.29, 0.717) is 24.5 Å². The van der Waals surface area contributed by atoms with Crippen molar-refractivity contribution in [1.82, 2.24) is 9.88 Å². The second-order valence-corrected chi connectivity index (χ2v) is 8.78. The zero-order valence-corrected chi connectivity index (χ0v) is 18.5. The molecule has 32 heavy (non-hydrogen) atoms. The predicted octanol–water partition coefficient (Wildman–Crippen LogP) is 4.33. The topological polar surface area (TPSA) is 83.0 Å². The Morgan fingerprint density at radius 1 is 1.25 bits per heavy atom. The number of carboxylic acid groups (broad SMARTS) is 1. The molecule has 1 aromatic carbocycles. The van der Waals surface area contributed by atoms with Crippen molar-refractivity contribution in [3.63, 3.8) is 0 Å². The summed E-state index contributed by atoms with van der Waals surface area (Å²) in [5.41, 5.74) is 0.958. The van der Waals surface area contributed by atoms with Gasteiger partial charge in [-0.3, -0.25) is 9.80 Å². The highest BCUT2D eigenvalue weighted by atomic mass is 19.1. The van der Waals surface area contributed by atoms with Gasteiger partial charge in [-0.1, -0.05) is 12.1 Å². The summed E-state index contributed by atoms with van der Waals surface area (Å²) in [6, 6.07) is 9.68. The molecule has 1 amide bonds. The molecule has 7 nitrogen and oxygen atoms in total. The lowest BCUT2D eigenvalue weighted by atomic mass is 10.2. The van der Waals surface area contributed by atoms with Crippen molar-refractivity contribution in [2.45, 2.75) is 45.4 Å². The van der Waals surface area contributed by atoms with E-state index in [9.17, 15) is 14.0 Å². The van der Waals surface area contributed by atoms with Crippen LogP contribution in [0.2, 0.25) is 0 Å². The molecule has 0 saturated carbocycles. The quantitative estimate of drug-likeness (QED) is 0.672. The summed E-state index contributed by atoms with van der Waals surface area (Å²) in [6.07, 6.45) is 4.26. The Kier molecular flexibility index (Phi) is 7.25. The summed E-state index contributed by atoms with van der Waals surface area (Å²) >= 11 is 0. The molecule has 2 aromatic rings.